The van der Waals surface area contributed by atoms with Gasteiger partial charge in [-0.25, -0.2) is 0 Å². The van der Waals surface area contributed by atoms with E-state index < -0.39 is 0 Å². The zero-order valence-electron chi connectivity index (χ0n) is 12.0. The van der Waals surface area contributed by atoms with E-state index in [-0.39, 0.29) is 18.3 Å². The SMILES string of the molecule is Cc1ccc(Cl)cc1C(=O)N(C)C1CCCNCC1.Cl. The molecule has 1 unspecified atom stereocenters. The fourth-order valence-corrected chi connectivity index (χ4v) is 2.74. The van der Waals surface area contributed by atoms with Crippen molar-refractivity contribution in [3.05, 3.63) is 34.3 Å². The van der Waals surface area contributed by atoms with Crippen LogP contribution in [0.15, 0.2) is 18.2 Å². The molecule has 1 aromatic carbocycles. The maximum atomic E-state index is 12.6. The summed E-state index contributed by atoms with van der Waals surface area (Å²) >= 11 is 6.00. The van der Waals surface area contributed by atoms with Crippen molar-refractivity contribution in [2.24, 2.45) is 0 Å². The number of benzene rings is 1. The van der Waals surface area contributed by atoms with E-state index in [4.69, 9.17) is 11.6 Å². The average molecular weight is 317 g/mol. The van der Waals surface area contributed by atoms with E-state index in [1.807, 2.05) is 31.0 Å². The minimum atomic E-state index is 0. The molecule has 3 nitrogen and oxygen atoms in total. The van der Waals surface area contributed by atoms with Crippen LogP contribution < -0.4 is 5.32 Å². The summed E-state index contributed by atoms with van der Waals surface area (Å²) in [5.41, 5.74) is 1.69. The van der Waals surface area contributed by atoms with Crippen LogP contribution in [-0.2, 0) is 0 Å². The highest BCUT2D eigenvalue weighted by Gasteiger charge is 2.23. The zero-order chi connectivity index (χ0) is 13.8. The molecule has 1 N–H and O–H groups in total. The van der Waals surface area contributed by atoms with Crippen molar-refractivity contribution in [3.63, 3.8) is 0 Å². The number of hydrogen-bond acceptors (Lipinski definition) is 2. The summed E-state index contributed by atoms with van der Waals surface area (Å²) in [6.45, 7) is 3.98. The second kappa shape index (κ2) is 7.87. The smallest absolute Gasteiger partial charge is 0.254 e. The molecule has 0 aromatic heterocycles. The molecule has 0 radical (unpaired) electrons. The molecule has 1 heterocycles. The highest BCUT2D eigenvalue weighted by molar-refractivity contribution is 6.31. The van der Waals surface area contributed by atoms with Crippen LogP contribution in [0.5, 0.6) is 0 Å². The largest absolute Gasteiger partial charge is 0.339 e. The van der Waals surface area contributed by atoms with E-state index in [9.17, 15) is 4.79 Å². The summed E-state index contributed by atoms with van der Waals surface area (Å²) in [5, 5.41) is 3.99. The van der Waals surface area contributed by atoms with Gasteiger partial charge < -0.3 is 10.2 Å². The van der Waals surface area contributed by atoms with Gasteiger partial charge in [-0.2, -0.15) is 0 Å². The lowest BCUT2D eigenvalue weighted by molar-refractivity contribution is 0.0719. The normalized spacial score (nSPS) is 18.9. The fraction of sp³-hybridized carbons (Fsp3) is 0.533. The van der Waals surface area contributed by atoms with E-state index in [1.54, 1.807) is 6.07 Å². The lowest BCUT2D eigenvalue weighted by Crippen LogP contribution is -2.37. The molecular formula is C15H22Cl2N2O. The van der Waals surface area contributed by atoms with Gasteiger partial charge in [0.1, 0.15) is 0 Å². The predicted octanol–water partition coefficient (Wildman–Crippen LogP) is 3.28. The van der Waals surface area contributed by atoms with E-state index in [0.717, 1.165) is 37.9 Å². The number of hydrogen-bond donors (Lipinski definition) is 1. The first-order valence-corrected chi connectivity index (χ1v) is 7.21. The van der Waals surface area contributed by atoms with Crippen molar-refractivity contribution >= 4 is 29.9 Å². The van der Waals surface area contributed by atoms with Gasteiger partial charge in [-0.1, -0.05) is 17.7 Å². The molecule has 0 aliphatic carbocycles. The first kappa shape index (κ1) is 17.3. The van der Waals surface area contributed by atoms with Crippen molar-refractivity contribution in [2.75, 3.05) is 20.1 Å². The Morgan fingerprint density at radius 3 is 2.85 bits per heavy atom. The molecule has 1 aliphatic heterocycles. The Morgan fingerprint density at radius 2 is 2.10 bits per heavy atom. The van der Waals surface area contributed by atoms with Crippen LogP contribution in [0.1, 0.15) is 35.2 Å². The van der Waals surface area contributed by atoms with Crippen molar-refractivity contribution in [1.82, 2.24) is 10.2 Å². The van der Waals surface area contributed by atoms with Gasteiger partial charge in [0.05, 0.1) is 0 Å². The predicted molar refractivity (Wildman–Crippen MR) is 86.0 cm³/mol. The van der Waals surface area contributed by atoms with Gasteiger partial charge in [0.2, 0.25) is 0 Å². The lowest BCUT2D eigenvalue weighted by atomic mass is 10.0. The van der Waals surface area contributed by atoms with Crippen molar-refractivity contribution < 1.29 is 4.79 Å². The Kier molecular flexibility index (Phi) is 6.80. The third kappa shape index (κ3) is 4.11. The monoisotopic (exact) mass is 316 g/mol. The third-order valence-electron chi connectivity index (χ3n) is 3.84. The molecule has 1 aromatic rings. The van der Waals surface area contributed by atoms with Gasteiger partial charge in [-0.05, 0) is 57.0 Å². The van der Waals surface area contributed by atoms with E-state index in [0.29, 0.717) is 16.6 Å². The lowest BCUT2D eigenvalue weighted by Gasteiger charge is -2.27. The quantitative estimate of drug-likeness (QED) is 0.908. The molecule has 5 heteroatoms. The van der Waals surface area contributed by atoms with Gasteiger partial charge in [-0.3, -0.25) is 4.79 Å². The Hall–Kier alpha value is -0.770. The van der Waals surface area contributed by atoms with E-state index >= 15 is 0 Å². The zero-order valence-corrected chi connectivity index (χ0v) is 13.6. The molecular weight excluding hydrogens is 295 g/mol. The van der Waals surface area contributed by atoms with Crippen LogP contribution in [-0.4, -0.2) is 37.0 Å². The highest BCUT2D eigenvalue weighted by atomic mass is 35.5. The Balaban J connectivity index is 0.00000200. The van der Waals surface area contributed by atoms with Gasteiger partial charge >= 0.3 is 0 Å². The van der Waals surface area contributed by atoms with Crippen LogP contribution in [0.4, 0.5) is 0 Å². The number of halogens is 2. The first-order chi connectivity index (χ1) is 9.09. The Morgan fingerprint density at radius 1 is 1.35 bits per heavy atom. The topological polar surface area (TPSA) is 32.3 Å². The van der Waals surface area contributed by atoms with Crippen LogP contribution in [0.2, 0.25) is 5.02 Å². The molecule has 1 fully saturated rings. The minimum Gasteiger partial charge on any atom is -0.339 e. The van der Waals surface area contributed by atoms with Crippen LogP contribution in [0, 0.1) is 6.92 Å². The molecule has 1 amide bonds. The van der Waals surface area contributed by atoms with Crippen molar-refractivity contribution in [1.29, 1.82) is 0 Å². The van der Waals surface area contributed by atoms with Crippen LogP contribution in [0.25, 0.3) is 0 Å². The summed E-state index contributed by atoms with van der Waals surface area (Å²) < 4.78 is 0. The van der Waals surface area contributed by atoms with E-state index in [1.165, 1.54) is 0 Å². The fourth-order valence-electron chi connectivity index (χ4n) is 2.57. The third-order valence-corrected chi connectivity index (χ3v) is 4.08. The molecule has 0 spiro atoms. The number of nitrogens with zero attached hydrogens (tertiary/aromatic N) is 1. The minimum absolute atomic E-state index is 0. The number of amides is 1. The molecule has 112 valence electrons. The van der Waals surface area contributed by atoms with E-state index in [2.05, 4.69) is 5.32 Å². The summed E-state index contributed by atoms with van der Waals surface area (Å²) in [4.78, 5) is 14.5. The Labute approximate surface area is 132 Å². The maximum absolute atomic E-state index is 12.6. The molecule has 1 aliphatic rings. The van der Waals surface area contributed by atoms with Gasteiger partial charge in [-0.15, -0.1) is 12.4 Å². The summed E-state index contributed by atoms with van der Waals surface area (Å²) in [7, 11) is 1.90. The van der Waals surface area contributed by atoms with Gasteiger partial charge in [0, 0.05) is 23.7 Å². The molecule has 1 atom stereocenters. The Bertz CT molecular complexity index is 457. The van der Waals surface area contributed by atoms with Gasteiger partial charge in [0.25, 0.3) is 5.91 Å². The molecule has 0 bridgehead atoms. The number of carbonyl (C=O) groups is 1. The average Bonchev–Trinajstić information content (AvgIpc) is 2.69. The number of aryl methyl sites for hydroxylation is 1. The standard InChI is InChI=1S/C15H21ClN2O.ClH/c1-11-5-6-12(16)10-14(11)15(19)18(2)13-4-3-8-17-9-7-13;/h5-6,10,13,17H,3-4,7-9H2,1-2H3;1H. The molecule has 0 saturated carbocycles. The highest BCUT2D eigenvalue weighted by Crippen LogP contribution is 2.20. The summed E-state index contributed by atoms with van der Waals surface area (Å²) in [6.07, 6.45) is 3.20. The van der Waals surface area contributed by atoms with Crippen molar-refractivity contribution in [2.45, 2.75) is 32.2 Å². The number of rotatable bonds is 2. The van der Waals surface area contributed by atoms with Crippen LogP contribution in [0.3, 0.4) is 0 Å². The second-order valence-corrected chi connectivity index (χ2v) is 5.65. The first-order valence-electron chi connectivity index (χ1n) is 6.83. The summed E-state index contributed by atoms with van der Waals surface area (Å²) in [5.74, 6) is 0.0758. The van der Waals surface area contributed by atoms with Crippen LogP contribution >= 0.6 is 24.0 Å². The van der Waals surface area contributed by atoms with Gasteiger partial charge in [0.15, 0.2) is 0 Å². The number of carbonyl (C=O) groups excluding carboxylic acids is 1. The maximum Gasteiger partial charge on any atom is 0.254 e. The number of nitrogens with one attached hydrogen (secondary N) is 1. The summed E-state index contributed by atoms with van der Waals surface area (Å²) in [6, 6.07) is 5.81. The molecule has 1 saturated heterocycles. The molecule has 2 rings (SSSR count). The molecule has 20 heavy (non-hydrogen) atoms. The second-order valence-electron chi connectivity index (χ2n) is 5.21. The van der Waals surface area contributed by atoms with Crippen molar-refractivity contribution in [3.8, 4) is 0 Å².